The molecule has 174 valence electrons. The zero-order valence-corrected chi connectivity index (χ0v) is 19.3. The molecule has 3 aromatic rings. The first-order chi connectivity index (χ1) is 16.4. The number of carboxylic acids is 1. The molecule has 34 heavy (non-hydrogen) atoms. The number of aromatic nitrogens is 2. The fourth-order valence-electron chi connectivity index (χ4n) is 3.88. The summed E-state index contributed by atoms with van der Waals surface area (Å²) in [5, 5.41) is 27.9. The zero-order chi connectivity index (χ0) is 24.2. The summed E-state index contributed by atoms with van der Waals surface area (Å²) in [5.74, 6) is 0.385. The lowest BCUT2D eigenvalue weighted by Gasteiger charge is -2.18. The van der Waals surface area contributed by atoms with Gasteiger partial charge in [0.2, 0.25) is 11.7 Å². The van der Waals surface area contributed by atoms with Crippen LogP contribution in [0.15, 0.2) is 64.4 Å². The zero-order valence-electron chi connectivity index (χ0n) is 19.3. The van der Waals surface area contributed by atoms with Gasteiger partial charge in [-0.15, -0.1) is 0 Å². The summed E-state index contributed by atoms with van der Waals surface area (Å²) < 4.78 is 11.3. The van der Waals surface area contributed by atoms with Crippen molar-refractivity contribution >= 4 is 16.7 Å². The van der Waals surface area contributed by atoms with E-state index in [2.05, 4.69) is 21.5 Å². The number of benzene rings is 2. The lowest BCUT2D eigenvalue weighted by Crippen LogP contribution is -2.33. The van der Waals surface area contributed by atoms with Crippen molar-refractivity contribution in [1.29, 1.82) is 5.26 Å². The Morgan fingerprint density at radius 3 is 2.74 bits per heavy atom. The van der Waals surface area contributed by atoms with Crippen molar-refractivity contribution in [3.63, 3.8) is 0 Å². The molecule has 8 heteroatoms. The number of aliphatic carboxylic acids is 1. The van der Waals surface area contributed by atoms with Crippen molar-refractivity contribution in [1.82, 2.24) is 15.5 Å². The van der Waals surface area contributed by atoms with E-state index in [4.69, 9.17) is 14.4 Å². The van der Waals surface area contributed by atoms with Crippen molar-refractivity contribution in [2.45, 2.75) is 51.8 Å². The Morgan fingerprint density at radius 2 is 2.03 bits per heavy atom. The number of hydrogen-bond acceptors (Lipinski definition) is 7. The third-order valence-corrected chi connectivity index (χ3v) is 5.68. The van der Waals surface area contributed by atoms with Crippen molar-refractivity contribution in [2.75, 3.05) is 0 Å². The second kappa shape index (κ2) is 9.89. The van der Waals surface area contributed by atoms with Crippen LogP contribution in [-0.4, -0.2) is 33.4 Å². The average Bonchev–Trinajstić information content (AvgIpc) is 3.32. The van der Waals surface area contributed by atoms with Gasteiger partial charge in [-0.2, -0.15) is 10.2 Å². The number of fused-ring (bicyclic) bond motifs is 1. The highest BCUT2D eigenvalue weighted by Crippen LogP contribution is 2.34. The molecule has 0 radical (unpaired) electrons. The smallest absolute Gasteiger partial charge is 0.320 e. The minimum Gasteiger partial charge on any atom is -0.490 e. The molecule has 0 bridgehead atoms. The van der Waals surface area contributed by atoms with E-state index < -0.39 is 12.0 Å². The van der Waals surface area contributed by atoms with Crippen LogP contribution in [0.25, 0.3) is 22.2 Å². The van der Waals surface area contributed by atoms with Crippen LogP contribution in [0.2, 0.25) is 0 Å². The van der Waals surface area contributed by atoms with Gasteiger partial charge in [0.1, 0.15) is 11.8 Å². The number of carboxylic acid groups (broad SMARTS) is 1. The topological polar surface area (TPSA) is 121 Å². The summed E-state index contributed by atoms with van der Waals surface area (Å²) in [5.41, 5.74) is 2.35. The first-order valence-corrected chi connectivity index (χ1v) is 11.2. The Bertz CT molecular complexity index is 1320. The molecule has 1 aromatic heterocycles. The molecule has 2 atom stereocenters. The summed E-state index contributed by atoms with van der Waals surface area (Å²) in [7, 11) is 0. The second-order valence-electron chi connectivity index (χ2n) is 8.51. The molecule has 0 saturated carbocycles. The minimum atomic E-state index is -0.894. The van der Waals surface area contributed by atoms with Gasteiger partial charge in [0.05, 0.1) is 23.7 Å². The molecule has 1 aliphatic rings. The first-order valence-electron chi connectivity index (χ1n) is 11.2. The van der Waals surface area contributed by atoms with E-state index >= 15 is 0 Å². The van der Waals surface area contributed by atoms with Crippen LogP contribution in [0, 0.1) is 11.3 Å². The monoisotopic (exact) mass is 458 g/mol. The number of nitriles is 1. The molecule has 4 rings (SSSR count). The maximum absolute atomic E-state index is 11.1. The average molecular weight is 459 g/mol. The van der Waals surface area contributed by atoms with E-state index in [1.54, 1.807) is 13.0 Å². The Labute approximate surface area is 197 Å². The maximum atomic E-state index is 11.1. The summed E-state index contributed by atoms with van der Waals surface area (Å²) in [6.45, 7) is 5.88. The van der Waals surface area contributed by atoms with Gasteiger partial charge >= 0.3 is 5.97 Å². The molecular weight excluding hydrogens is 432 g/mol. The van der Waals surface area contributed by atoms with Crippen molar-refractivity contribution in [3.8, 4) is 17.5 Å². The van der Waals surface area contributed by atoms with Crippen molar-refractivity contribution in [2.24, 2.45) is 0 Å². The number of rotatable bonds is 8. The lowest BCUT2D eigenvalue weighted by atomic mass is 9.93. The molecule has 1 aliphatic carbocycles. The number of allylic oxidation sites excluding steroid dienone is 3. The van der Waals surface area contributed by atoms with Crippen LogP contribution < -0.4 is 5.32 Å². The molecule has 0 amide bonds. The summed E-state index contributed by atoms with van der Waals surface area (Å²) in [6, 6.07) is 13.3. The van der Waals surface area contributed by atoms with E-state index in [-0.39, 0.29) is 12.0 Å². The quantitative estimate of drug-likeness (QED) is 0.498. The third-order valence-electron chi connectivity index (χ3n) is 5.68. The fourth-order valence-corrected chi connectivity index (χ4v) is 3.88. The lowest BCUT2D eigenvalue weighted by molar-refractivity contribution is -0.139. The number of nitrogens with zero attached hydrogens (tertiary/aromatic N) is 3. The van der Waals surface area contributed by atoms with Crippen molar-refractivity contribution < 1.29 is 19.2 Å². The Hall–Kier alpha value is -3.96. The molecule has 2 unspecified atom stereocenters. The van der Waals surface area contributed by atoms with Gasteiger partial charge in [-0.1, -0.05) is 47.6 Å². The van der Waals surface area contributed by atoms with Crippen LogP contribution in [0.4, 0.5) is 0 Å². The molecule has 1 heterocycles. The summed E-state index contributed by atoms with van der Waals surface area (Å²) in [6.07, 6.45) is 4.13. The number of ether oxygens (including phenoxy) is 1. The molecule has 8 nitrogen and oxygen atoms in total. The molecule has 0 fully saturated rings. The van der Waals surface area contributed by atoms with Crippen LogP contribution in [0.5, 0.6) is 0 Å². The van der Waals surface area contributed by atoms with E-state index in [9.17, 15) is 10.1 Å². The fraction of sp³-hybridized carbons (Fsp3) is 0.308. The van der Waals surface area contributed by atoms with Gasteiger partial charge in [0, 0.05) is 18.5 Å². The highest BCUT2D eigenvalue weighted by atomic mass is 16.5. The van der Waals surface area contributed by atoms with Gasteiger partial charge in [0.15, 0.2) is 0 Å². The summed E-state index contributed by atoms with van der Waals surface area (Å²) in [4.78, 5) is 15.8. The van der Waals surface area contributed by atoms with Crippen LogP contribution in [0.3, 0.4) is 0 Å². The molecule has 2 aromatic carbocycles. The highest BCUT2D eigenvalue weighted by molar-refractivity contribution is 5.97. The standard InChI is InChI=1S/C26H26N4O4/c1-15(2)33-23-11-9-17(12-19(23)13-27)25-29-24(30-34-25)22-10-8-18(14-28-16(3)26(31)32)20-6-4-5-7-21(20)22/h4-11,15-17,28H,12,14H2,1-3H3,(H,31,32). The van der Waals surface area contributed by atoms with E-state index in [0.29, 0.717) is 36.0 Å². The molecule has 0 saturated heterocycles. The first kappa shape index (κ1) is 23.2. The van der Waals surface area contributed by atoms with Crippen molar-refractivity contribution in [3.05, 3.63) is 71.3 Å². The van der Waals surface area contributed by atoms with E-state index in [1.807, 2.05) is 56.3 Å². The van der Waals surface area contributed by atoms with Gasteiger partial charge < -0.3 is 19.7 Å². The van der Waals surface area contributed by atoms with Crippen LogP contribution >= 0.6 is 0 Å². The van der Waals surface area contributed by atoms with E-state index in [1.165, 1.54) is 0 Å². The van der Waals surface area contributed by atoms with Crippen LogP contribution in [0.1, 0.15) is 44.6 Å². The largest absolute Gasteiger partial charge is 0.490 e. The summed E-state index contributed by atoms with van der Waals surface area (Å²) >= 11 is 0. The molecule has 0 aliphatic heterocycles. The molecular formula is C26H26N4O4. The maximum Gasteiger partial charge on any atom is 0.320 e. The Kier molecular flexibility index (Phi) is 6.75. The Balaban J connectivity index is 1.60. The van der Waals surface area contributed by atoms with Gasteiger partial charge in [-0.05, 0) is 43.2 Å². The Morgan fingerprint density at radius 1 is 1.26 bits per heavy atom. The predicted octanol–water partition coefficient (Wildman–Crippen LogP) is 4.70. The van der Waals surface area contributed by atoms with E-state index in [0.717, 1.165) is 21.9 Å². The minimum absolute atomic E-state index is 0.0200. The third kappa shape index (κ3) is 4.85. The van der Waals surface area contributed by atoms with Crippen LogP contribution in [-0.2, 0) is 16.1 Å². The van der Waals surface area contributed by atoms with Gasteiger partial charge in [-0.3, -0.25) is 4.79 Å². The number of hydrogen-bond donors (Lipinski definition) is 2. The number of nitrogens with one attached hydrogen (secondary N) is 1. The second-order valence-corrected chi connectivity index (χ2v) is 8.51. The predicted molar refractivity (Wildman–Crippen MR) is 127 cm³/mol. The van der Waals surface area contributed by atoms with Gasteiger partial charge in [0.25, 0.3) is 0 Å². The van der Waals surface area contributed by atoms with Gasteiger partial charge in [-0.25, -0.2) is 0 Å². The normalized spacial score (nSPS) is 16.6. The molecule has 2 N–H and O–H groups in total. The number of carbonyl (C=O) groups is 1. The highest BCUT2D eigenvalue weighted by Gasteiger charge is 2.25. The SMILES string of the molecule is CC(C)OC1=C(C#N)CC(c2nc(-c3ccc(CNC(C)C(=O)O)c4ccccc34)no2)C=C1. The molecule has 0 spiro atoms.